The molecule has 0 aromatic carbocycles. The molecule has 6 nitrogen and oxygen atoms in total. The van der Waals surface area contributed by atoms with Crippen molar-refractivity contribution < 1.29 is 19.7 Å². The van der Waals surface area contributed by atoms with Crippen molar-refractivity contribution in [2.45, 2.75) is 64.9 Å². The number of aliphatic hydroxyl groups is 2. The molecule has 0 radical (unpaired) electrons. The van der Waals surface area contributed by atoms with E-state index in [1.54, 1.807) is 0 Å². The molecule has 0 saturated carbocycles. The highest BCUT2D eigenvalue weighted by Crippen LogP contribution is 2.05. The normalized spacial score (nSPS) is 12.5. The van der Waals surface area contributed by atoms with E-state index in [0.717, 1.165) is 19.3 Å². The summed E-state index contributed by atoms with van der Waals surface area (Å²) in [6.07, 6.45) is 7.31. The summed E-state index contributed by atoms with van der Waals surface area (Å²) < 4.78 is 5.72. The van der Waals surface area contributed by atoms with Gasteiger partial charge in [-0.3, -0.25) is 9.69 Å². The van der Waals surface area contributed by atoms with Gasteiger partial charge in [-0.1, -0.05) is 32.6 Å². The Labute approximate surface area is 147 Å². The highest BCUT2D eigenvalue weighted by atomic mass is 16.5. The molecular formula is C18H38N2O4. The molecule has 0 aromatic rings. The molecule has 1 amide bonds. The van der Waals surface area contributed by atoms with Crippen molar-refractivity contribution in [2.24, 2.45) is 0 Å². The minimum atomic E-state index is 0.0833. The van der Waals surface area contributed by atoms with E-state index >= 15 is 0 Å². The van der Waals surface area contributed by atoms with Crippen molar-refractivity contribution >= 4 is 5.91 Å². The predicted octanol–water partition coefficient (Wildman–Crippen LogP) is 1.54. The topological polar surface area (TPSA) is 82.0 Å². The third-order valence-corrected chi connectivity index (χ3v) is 4.02. The number of carbonyl (C=O) groups is 1. The van der Waals surface area contributed by atoms with Crippen molar-refractivity contribution in [3.05, 3.63) is 0 Å². The van der Waals surface area contributed by atoms with Gasteiger partial charge in [0, 0.05) is 32.6 Å². The molecule has 0 fully saturated rings. The molecule has 0 aliphatic carbocycles. The number of nitrogens with zero attached hydrogens (tertiary/aromatic N) is 1. The van der Waals surface area contributed by atoms with Crippen LogP contribution in [0.4, 0.5) is 0 Å². The number of rotatable bonds is 17. The number of ether oxygens (including phenoxy) is 1. The van der Waals surface area contributed by atoms with Gasteiger partial charge in [-0.25, -0.2) is 0 Å². The maximum atomic E-state index is 11.7. The molecule has 0 spiro atoms. The largest absolute Gasteiger partial charge is 0.395 e. The minimum absolute atomic E-state index is 0.0833. The quantitative estimate of drug-likeness (QED) is 0.348. The molecule has 0 aromatic heterocycles. The van der Waals surface area contributed by atoms with Crippen LogP contribution in [0.5, 0.6) is 0 Å². The van der Waals surface area contributed by atoms with E-state index in [-0.39, 0.29) is 25.2 Å². The summed E-state index contributed by atoms with van der Waals surface area (Å²) in [5.41, 5.74) is 0. The van der Waals surface area contributed by atoms with Gasteiger partial charge >= 0.3 is 0 Å². The maximum Gasteiger partial charge on any atom is 0.219 e. The first-order valence-corrected chi connectivity index (χ1v) is 9.46. The third-order valence-electron chi connectivity index (χ3n) is 4.02. The van der Waals surface area contributed by atoms with Crippen LogP contribution in [0, 0.1) is 0 Å². The fourth-order valence-corrected chi connectivity index (χ4v) is 2.48. The summed E-state index contributed by atoms with van der Waals surface area (Å²) in [5.74, 6) is 0.135. The zero-order valence-corrected chi connectivity index (χ0v) is 15.6. The lowest BCUT2D eigenvalue weighted by molar-refractivity contribution is -0.121. The van der Waals surface area contributed by atoms with Gasteiger partial charge in [-0.2, -0.15) is 0 Å². The van der Waals surface area contributed by atoms with Crippen molar-refractivity contribution in [1.82, 2.24) is 10.2 Å². The standard InChI is InChI=1S/C18H38N2O4/c1-3-4-5-6-7-8-18(23)19-10-9-17(2)24-16-13-20(11-14-21)12-15-22/h17,21-22H,3-16H2,1-2H3,(H,19,23). The van der Waals surface area contributed by atoms with Crippen LogP contribution >= 0.6 is 0 Å². The first-order valence-electron chi connectivity index (χ1n) is 9.46. The first-order chi connectivity index (χ1) is 11.6. The van der Waals surface area contributed by atoms with Gasteiger partial charge in [0.1, 0.15) is 0 Å². The van der Waals surface area contributed by atoms with Crippen LogP contribution in [0.25, 0.3) is 0 Å². The molecule has 1 atom stereocenters. The molecule has 0 bridgehead atoms. The summed E-state index contributed by atoms with van der Waals surface area (Å²) in [4.78, 5) is 13.7. The van der Waals surface area contributed by atoms with Gasteiger partial charge < -0.3 is 20.3 Å². The molecule has 6 heteroatoms. The zero-order chi connectivity index (χ0) is 18.0. The number of carbonyl (C=O) groups excluding carboxylic acids is 1. The number of hydrogen-bond donors (Lipinski definition) is 3. The Hall–Kier alpha value is -0.690. The van der Waals surface area contributed by atoms with E-state index in [1.807, 2.05) is 11.8 Å². The van der Waals surface area contributed by atoms with Gasteiger partial charge in [0.05, 0.1) is 25.9 Å². The van der Waals surface area contributed by atoms with Crippen LogP contribution in [-0.4, -0.2) is 73.1 Å². The molecule has 3 N–H and O–H groups in total. The molecule has 0 saturated heterocycles. The van der Waals surface area contributed by atoms with Crippen molar-refractivity contribution in [2.75, 3.05) is 46.0 Å². The second-order valence-corrected chi connectivity index (χ2v) is 6.27. The van der Waals surface area contributed by atoms with Crippen molar-refractivity contribution in [1.29, 1.82) is 0 Å². The number of nitrogens with one attached hydrogen (secondary N) is 1. The Kier molecular flexibility index (Phi) is 16.7. The van der Waals surface area contributed by atoms with Crippen molar-refractivity contribution in [3.63, 3.8) is 0 Å². The fraction of sp³-hybridized carbons (Fsp3) is 0.944. The van der Waals surface area contributed by atoms with Gasteiger partial charge in [0.25, 0.3) is 0 Å². The summed E-state index contributed by atoms with van der Waals surface area (Å²) >= 11 is 0. The lowest BCUT2D eigenvalue weighted by Crippen LogP contribution is -2.34. The monoisotopic (exact) mass is 346 g/mol. The molecule has 1 unspecified atom stereocenters. The maximum absolute atomic E-state index is 11.7. The van der Waals surface area contributed by atoms with E-state index in [0.29, 0.717) is 39.2 Å². The van der Waals surface area contributed by atoms with E-state index in [1.165, 1.54) is 19.3 Å². The third kappa shape index (κ3) is 14.9. The van der Waals surface area contributed by atoms with E-state index in [2.05, 4.69) is 12.2 Å². The molecule has 0 heterocycles. The second-order valence-electron chi connectivity index (χ2n) is 6.27. The Morgan fingerprint density at radius 2 is 1.75 bits per heavy atom. The second kappa shape index (κ2) is 17.1. The number of aliphatic hydroxyl groups excluding tert-OH is 2. The highest BCUT2D eigenvalue weighted by molar-refractivity contribution is 5.75. The van der Waals surface area contributed by atoms with Crippen LogP contribution < -0.4 is 5.32 Å². The lowest BCUT2D eigenvalue weighted by Gasteiger charge is -2.21. The predicted molar refractivity (Wildman–Crippen MR) is 97.0 cm³/mol. The Morgan fingerprint density at radius 3 is 2.38 bits per heavy atom. The summed E-state index contributed by atoms with van der Waals surface area (Å²) in [6.45, 7) is 7.35. The average Bonchev–Trinajstić information content (AvgIpc) is 2.55. The smallest absolute Gasteiger partial charge is 0.219 e. The van der Waals surface area contributed by atoms with E-state index in [4.69, 9.17) is 14.9 Å². The summed E-state index contributed by atoms with van der Waals surface area (Å²) in [7, 11) is 0. The fourth-order valence-electron chi connectivity index (χ4n) is 2.48. The first kappa shape index (κ1) is 23.3. The molecular weight excluding hydrogens is 308 g/mol. The zero-order valence-electron chi connectivity index (χ0n) is 15.6. The summed E-state index contributed by atoms with van der Waals surface area (Å²) in [6, 6.07) is 0. The van der Waals surface area contributed by atoms with Crippen LogP contribution in [0.2, 0.25) is 0 Å². The van der Waals surface area contributed by atoms with Crippen LogP contribution in [0.1, 0.15) is 58.8 Å². The van der Waals surface area contributed by atoms with E-state index in [9.17, 15) is 4.79 Å². The lowest BCUT2D eigenvalue weighted by atomic mass is 10.1. The number of unbranched alkanes of at least 4 members (excludes halogenated alkanes) is 4. The number of hydrogen-bond acceptors (Lipinski definition) is 5. The Bertz CT molecular complexity index is 284. The molecule has 24 heavy (non-hydrogen) atoms. The van der Waals surface area contributed by atoms with Crippen LogP contribution in [0.15, 0.2) is 0 Å². The van der Waals surface area contributed by atoms with E-state index < -0.39 is 0 Å². The summed E-state index contributed by atoms with van der Waals surface area (Å²) in [5, 5.41) is 20.8. The van der Waals surface area contributed by atoms with Gasteiger partial charge in [0.15, 0.2) is 0 Å². The Morgan fingerprint density at radius 1 is 1.08 bits per heavy atom. The minimum Gasteiger partial charge on any atom is -0.395 e. The van der Waals surface area contributed by atoms with Crippen molar-refractivity contribution in [3.8, 4) is 0 Å². The number of amides is 1. The Balaban J connectivity index is 3.57. The van der Waals surface area contributed by atoms with Gasteiger partial charge in [0.2, 0.25) is 5.91 Å². The van der Waals surface area contributed by atoms with Crippen LogP contribution in [-0.2, 0) is 9.53 Å². The average molecular weight is 347 g/mol. The van der Waals surface area contributed by atoms with Gasteiger partial charge in [-0.15, -0.1) is 0 Å². The SMILES string of the molecule is CCCCCCCC(=O)NCCC(C)OCCN(CCO)CCO. The van der Waals surface area contributed by atoms with Crippen LogP contribution in [0.3, 0.4) is 0 Å². The molecule has 0 aliphatic heterocycles. The molecule has 144 valence electrons. The molecule has 0 rings (SSSR count). The highest BCUT2D eigenvalue weighted by Gasteiger charge is 2.07. The van der Waals surface area contributed by atoms with Gasteiger partial charge in [-0.05, 0) is 19.8 Å². The molecule has 0 aliphatic rings.